The van der Waals surface area contributed by atoms with Gasteiger partial charge in [-0.25, -0.2) is 0 Å². The molecule has 5 heteroatoms. The fourth-order valence-electron chi connectivity index (χ4n) is 0.408. The van der Waals surface area contributed by atoms with Crippen LogP contribution in [0, 0.1) is 21.3 Å². The summed E-state index contributed by atoms with van der Waals surface area (Å²) in [4.78, 5) is 0. The van der Waals surface area contributed by atoms with Crippen LogP contribution in [-0.4, -0.2) is 9.33 Å². The van der Waals surface area contributed by atoms with Crippen LogP contribution in [0.2, 0.25) is 0 Å². The summed E-state index contributed by atoms with van der Waals surface area (Å²) in [6, 6.07) is 0. The molecule has 60 valence electrons. The lowest BCUT2D eigenvalue weighted by atomic mass is 10.2. The Morgan fingerprint density at radius 1 is 1.27 bits per heavy atom. The molecule has 0 N–H and O–H groups in total. The van der Waals surface area contributed by atoms with Gasteiger partial charge in [-0.2, -0.15) is 23.2 Å². The van der Waals surface area contributed by atoms with Gasteiger partial charge in [0.05, 0.1) is 4.58 Å². The lowest BCUT2D eigenvalue weighted by Crippen LogP contribution is -2.23. The summed E-state index contributed by atoms with van der Waals surface area (Å²) in [6.07, 6.45) is 0. The maximum atomic E-state index is 8.38. The third-order valence-corrected chi connectivity index (χ3v) is 3.90. The van der Waals surface area contributed by atoms with E-state index in [1.165, 1.54) is 0 Å². The molecule has 0 saturated carbocycles. The second kappa shape index (κ2) is 4.82. The highest BCUT2D eigenvalue weighted by Crippen LogP contribution is 2.35. The van der Waals surface area contributed by atoms with Crippen molar-refractivity contribution in [2.45, 2.75) is 23.2 Å². The average Bonchev–Trinajstić information content (AvgIpc) is 1.85. The zero-order valence-corrected chi connectivity index (χ0v) is 8.76. The number of hydrogen-bond donors (Lipinski definition) is 1. The maximum Gasteiger partial charge on any atom is 0.134 e. The topological polar surface area (TPSA) is 47.6 Å². The van der Waals surface area contributed by atoms with Crippen molar-refractivity contribution < 1.29 is 0 Å². The second-order valence-corrected chi connectivity index (χ2v) is 5.63. The molecule has 0 aliphatic heterocycles. The molecule has 0 rings (SSSR count). The predicted octanol–water partition coefficient (Wildman–Crippen LogP) is 2.45. The first-order chi connectivity index (χ1) is 5.02. The van der Waals surface area contributed by atoms with Crippen molar-refractivity contribution in [2.24, 2.45) is 0 Å². The number of nitrogens with zero attached hydrogens (tertiary/aromatic N) is 2. The van der Waals surface area contributed by atoms with Crippen LogP contribution >= 0.6 is 36.2 Å². The summed E-state index contributed by atoms with van der Waals surface area (Å²) in [5.41, 5.74) is 0. The smallest absolute Gasteiger partial charge is 0.134 e. The third kappa shape index (κ3) is 4.47. The highest BCUT2D eigenvalue weighted by atomic mass is 32.2. The number of thioether (sulfide) groups is 2. The summed E-state index contributed by atoms with van der Waals surface area (Å²) in [6.45, 7) is 3.77. The lowest BCUT2D eigenvalue weighted by molar-refractivity contribution is 0.797. The zero-order chi connectivity index (χ0) is 8.91. The summed E-state index contributed by atoms with van der Waals surface area (Å²) >= 11 is 6.43. The molecular weight excluding hydrogens is 196 g/mol. The molecular formula is C6H8N2S3. The van der Waals surface area contributed by atoms with Crippen molar-refractivity contribution in [1.82, 2.24) is 0 Å². The first-order valence-electron chi connectivity index (χ1n) is 2.84. The van der Waals surface area contributed by atoms with Gasteiger partial charge in [-0.1, -0.05) is 0 Å². The van der Waals surface area contributed by atoms with E-state index in [1.54, 1.807) is 0 Å². The van der Waals surface area contributed by atoms with E-state index < -0.39 is 0 Å². The summed E-state index contributed by atoms with van der Waals surface area (Å²) in [7, 11) is 0. The van der Waals surface area contributed by atoms with Crippen molar-refractivity contribution >= 4 is 36.2 Å². The van der Waals surface area contributed by atoms with E-state index in [2.05, 4.69) is 12.6 Å². The predicted molar refractivity (Wildman–Crippen MR) is 53.3 cm³/mol. The van der Waals surface area contributed by atoms with Crippen molar-refractivity contribution in [2.75, 3.05) is 0 Å². The van der Waals surface area contributed by atoms with E-state index in [-0.39, 0.29) is 9.33 Å². The van der Waals surface area contributed by atoms with Crippen molar-refractivity contribution in [3.05, 3.63) is 0 Å². The molecule has 0 aliphatic carbocycles. The molecule has 0 aromatic heterocycles. The number of nitriles is 2. The number of hydrogen-bond acceptors (Lipinski definition) is 5. The van der Waals surface area contributed by atoms with Gasteiger partial charge in [-0.05, 0) is 37.4 Å². The van der Waals surface area contributed by atoms with Crippen LogP contribution in [0.4, 0.5) is 0 Å². The Hall–Kier alpha value is 0.0300. The number of thiocyanates is 2. The molecule has 0 unspecified atom stereocenters. The summed E-state index contributed by atoms with van der Waals surface area (Å²) < 4.78 is -0.401. The third-order valence-electron chi connectivity index (χ3n) is 0.896. The number of thiol groups is 1. The van der Waals surface area contributed by atoms with Gasteiger partial charge < -0.3 is 0 Å². The van der Waals surface area contributed by atoms with Crippen molar-refractivity contribution in [3.63, 3.8) is 0 Å². The summed E-state index contributed by atoms with van der Waals surface area (Å²) in [5, 5.41) is 20.7. The Bertz CT molecular complexity index is 179. The Labute approximate surface area is 80.8 Å². The monoisotopic (exact) mass is 204 g/mol. The van der Waals surface area contributed by atoms with Gasteiger partial charge in [0.2, 0.25) is 0 Å². The van der Waals surface area contributed by atoms with E-state index >= 15 is 0 Å². The quantitative estimate of drug-likeness (QED) is 0.436. The van der Waals surface area contributed by atoms with Gasteiger partial charge >= 0.3 is 0 Å². The van der Waals surface area contributed by atoms with Crippen LogP contribution in [0.5, 0.6) is 0 Å². The van der Waals surface area contributed by atoms with Crippen LogP contribution in [-0.2, 0) is 0 Å². The molecule has 0 radical (unpaired) electrons. The molecule has 0 aromatic carbocycles. The maximum absolute atomic E-state index is 8.38. The molecule has 0 bridgehead atoms. The zero-order valence-electron chi connectivity index (χ0n) is 6.24. The van der Waals surface area contributed by atoms with Gasteiger partial charge in [0.15, 0.2) is 0 Å². The minimum atomic E-state index is -0.305. The van der Waals surface area contributed by atoms with Gasteiger partial charge in [-0.15, -0.1) is 0 Å². The Kier molecular flexibility index (Phi) is 4.83. The highest BCUT2D eigenvalue weighted by Gasteiger charge is 2.27. The highest BCUT2D eigenvalue weighted by molar-refractivity contribution is 8.21. The van der Waals surface area contributed by atoms with Crippen molar-refractivity contribution in [1.29, 1.82) is 10.5 Å². The molecule has 0 fully saturated rings. The van der Waals surface area contributed by atoms with Gasteiger partial charge in [0.1, 0.15) is 10.8 Å². The fraction of sp³-hybridized carbons (Fsp3) is 0.667. The molecule has 0 heterocycles. The van der Waals surface area contributed by atoms with Crippen LogP contribution < -0.4 is 0 Å². The standard InChI is InChI=1S/C6H8N2S3/c1-6(2,9)5(10-3-7)11-4-8/h5,9H,1-2H3. The Morgan fingerprint density at radius 3 is 1.82 bits per heavy atom. The van der Waals surface area contributed by atoms with Gasteiger partial charge in [0, 0.05) is 4.75 Å². The van der Waals surface area contributed by atoms with Crippen molar-refractivity contribution in [3.8, 4) is 10.8 Å². The lowest BCUT2D eigenvalue weighted by Gasteiger charge is -2.23. The molecule has 0 spiro atoms. The van der Waals surface area contributed by atoms with Crippen LogP contribution in [0.15, 0.2) is 0 Å². The van der Waals surface area contributed by atoms with Crippen LogP contribution in [0.25, 0.3) is 0 Å². The minimum Gasteiger partial charge on any atom is -0.185 e. The SMILES string of the molecule is CC(C)(S)C(SC#N)SC#N. The summed E-state index contributed by atoms with van der Waals surface area (Å²) in [5.74, 6) is 0. The normalized spacial score (nSPS) is 10.7. The molecule has 0 atom stereocenters. The van der Waals surface area contributed by atoms with Gasteiger partial charge in [0.25, 0.3) is 0 Å². The minimum absolute atomic E-state index is 0.0965. The molecule has 0 aromatic rings. The largest absolute Gasteiger partial charge is 0.185 e. The van der Waals surface area contributed by atoms with Crippen LogP contribution in [0.3, 0.4) is 0 Å². The van der Waals surface area contributed by atoms with Crippen LogP contribution in [0.1, 0.15) is 13.8 Å². The number of rotatable bonds is 3. The fourth-order valence-corrected chi connectivity index (χ4v) is 1.94. The molecule has 11 heavy (non-hydrogen) atoms. The Balaban J connectivity index is 4.15. The molecule has 0 saturated heterocycles. The first kappa shape index (κ1) is 11.0. The van der Waals surface area contributed by atoms with E-state index in [0.717, 1.165) is 23.5 Å². The Morgan fingerprint density at radius 2 is 1.64 bits per heavy atom. The second-order valence-electron chi connectivity index (χ2n) is 2.40. The van der Waals surface area contributed by atoms with E-state index in [9.17, 15) is 0 Å². The molecule has 0 amide bonds. The van der Waals surface area contributed by atoms with Gasteiger partial charge in [-0.3, -0.25) is 0 Å². The molecule has 2 nitrogen and oxygen atoms in total. The van der Waals surface area contributed by atoms with E-state index in [0.29, 0.717) is 0 Å². The van der Waals surface area contributed by atoms with E-state index in [4.69, 9.17) is 10.5 Å². The average molecular weight is 204 g/mol. The van der Waals surface area contributed by atoms with E-state index in [1.807, 2.05) is 24.6 Å². The molecule has 0 aliphatic rings. The first-order valence-corrected chi connectivity index (χ1v) is 5.05.